The molecular formula is C21H19Cl2NO2. The predicted molar refractivity (Wildman–Crippen MR) is 107 cm³/mol. The highest BCUT2D eigenvalue weighted by atomic mass is 35.5. The van der Waals surface area contributed by atoms with E-state index in [0.717, 1.165) is 22.1 Å². The number of ether oxygens (including phenoxy) is 1. The molecule has 0 aliphatic heterocycles. The van der Waals surface area contributed by atoms with Crippen molar-refractivity contribution in [1.82, 2.24) is 5.32 Å². The zero-order valence-corrected chi connectivity index (χ0v) is 15.7. The van der Waals surface area contributed by atoms with E-state index < -0.39 is 0 Å². The second kappa shape index (κ2) is 8.93. The van der Waals surface area contributed by atoms with Crippen molar-refractivity contribution in [2.45, 2.75) is 12.8 Å². The molecule has 0 heterocycles. The van der Waals surface area contributed by atoms with Gasteiger partial charge in [-0.2, -0.15) is 0 Å². The van der Waals surface area contributed by atoms with Gasteiger partial charge in [0.25, 0.3) is 0 Å². The number of carbonyl (C=O) groups excluding carboxylic acids is 1. The molecule has 1 amide bonds. The molecule has 0 aromatic heterocycles. The maximum atomic E-state index is 12.0. The van der Waals surface area contributed by atoms with Crippen LogP contribution in [0.1, 0.15) is 12.0 Å². The standard InChI is InChI=1S/C21H19Cl2NO2/c22-17-10-8-16(19(23)14-17)9-11-21(25)24-12-13-26-20-7-3-5-15-4-1-2-6-18(15)20/h1-8,10,14H,9,11-13H2,(H,24,25). The SMILES string of the molecule is O=C(CCc1ccc(Cl)cc1Cl)NCCOc1cccc2ccccc12. The van der Waals surface area contributed by atoms with Crippen molar-refractivity contribution >= 4 is 39.9 Å². The number of aryl methyl sites for hydroxylation is 1. The van der Waals surface area contributed by atoms with Crippen LogP contribution in [0, 0.1) is 0 Å². The predicted octanol–water partition coefficient (Wildman–Crippen LogP) is 5.27. The zero-order chi connectivity index (χ0) is 18.4. The lowest BCUT2D eigenvalue weighted by atomic mass is 10.1. The van der Waals surface area contributed by atoms with Gasteiger partial charge in [0.1, 0.15) is 12.4 Å². The fraction of sp³-hybridized carbons (Fsp3) is 0.190. The molecule has 3 nitrogen and oxygen atoms in total. The Bertz CT molecular complexity index is 906. The number of fused-ring (bicyclic) bond motifs is 1. The van der Waals surface area contributed by atoms with Crippen LogP contribution in [0.2, 0.25) is 10.0 Å². The lowest BCUT2D eigenvalue weighted by molar-refractivity contribution is -0.121. The molecule has 134 valence electrons. The third-order valence-electron chi connectivity index (χ3n) is 4.07. The highest BCUT2D eigenvalue weighted by Crippen LogP contribution is 2.25. The third-order valence-corrected chi connectivity index (χ3v) is 4.65. The molecule has 3 aromatic carbocycles. The summed E-state index contributed by atoms with van der Waals surface area (Å²) in [4.78, 5) is 12.0. The monoisotopic (exact) mass is 387 g/mol. The summed E-state index contributed by atoms with van der Waals surface area (Å²) < 4.78 is 5.81. The number of hydrogen-bond acceptors (Lipinski definition) is 2. The lowest BCUT2D eigenvalue weighted by Gasteiger charge is -2.10. The second-order valence-electron chi connectivity index (χ2n) is 5.91. The van der Waals surface area contributed by atoms with Crippen LogP contribution >= 0.6 is 23.2 Å². The molecule has 0 aliphatic carbocycles. The van der Waals surface area contributed by atoms with Crippen LogP contribution in [0.15, 0.2) is 60.7 Å². The Balaban J connectivity index is 1.44. The highest BCUT2D eigenvalue weighted by molar-refractivity contribution is 6.35. The van der Waals surface area contributed by atoms with E-state index in [4.69, 9.17) is 27.9 Å². The summed E-state index contributed by atoms with van der Waals surface area (Å²) in [6.07, 6.45) is 0.946. The van der Waals surface area contributed by atoms with E-state index in [0.29, 0.717) is 36.0 Å². The average molecular weight is 388 g/mol. The molecule has 3 aromatic rings. The highest BCUT2D eigenvalue weighted by Gasteiger charge is 2.06. The summed E-state index contributed by atoms with van der Waals surface area (Å²) in [7, 11) is 0. The first kappa shape index (κ1) is 18.6. The largest absolute Gasteiger partial charge is 0.491 e. The van der Waals surface area contributed by atoms with E-state index in [-0.39, 0.29) is 5.91 Å². The van der Waals surface area contributed by atoms with E-state index in [9.17, 15) is 4.79 Å². The van der Waals surface area contributed by atoms with Crippen molar-refractivity contribution < 1.29 is 9.53 Å². The van der Waals surface area contributed by atoms with Crippen LogP contribution in [0.4, 0.5) is 0 Å². The molecular weight excluding hydrogens is 369 g/mol. The summed E-state index contributed by atoms with van der Waals surface area (Å²) in [5.74, 6) is 0.794. The number of rotatable bonds is 7. The van der Waals surface area contributed by atoms with Gasteiger partial charge in [-0.05, 0) is 35.6 Å². The smallest absolute Gasteiger partial charge is 0.220 e. The second-order valence-corrected chi connectivity index (χ2v) is 6.76. The van der Waals surface area contributed by atoms with Crippen molar-refractivity contribution in [3.8, 4) is 5.75 Å². The minimum atomic E-state index is -0.0301. The number of hydrogen-bond donors (Lipinski definition) is 1. The molecule has 0 saturated heterocycles. The summed E-state index contributed by atoms with van der Waals surface area (Å²) in [5.41, 5.74) is 0.915. The number of carbonyl (C=O) groups is 1. The van der Waals surface area contributed by atoms with E-state index in [1.165, 1.54) is 0 Å². The normalized spacial score (nSPS) is 10.7. The Hall–Kier alpha value is -2.23. The van der Waals surface area contributed by atoms with Gasteiger partial charge >= 0.3 is 0 Å². The summed E-state index contributed by atoms with van der Waals surface area (Å²) in [6.45, 7) is 0.873. The molecule has 0 bridgehead atoms. The molecule has 26 heavy (non-hydrogen) atoms. The molecule has 1 N–H and O–H groups in total. The van der Waals surface area contributed by atoms with Gasteiger partial charge < -0.3 is 10.1 Å². The van der Waals surface area contributed by atoms with Crippen LogP contribution in [0.3, 0.4) is 0 Å². The molecule has 0 spiro atoms. The van der Waals surface area contributed by atoms with Crippen LogP contribution in [-0.4, -0.2) is 19.1 Å². The number of halogens is 2. The van der Waals surface area contributed by atoms with Gasteiger partial charge in [0.15, 0.2) is 0 Å². The maximum Gasteiger partial charge on any atom is 0.220 e. The van der Waals surface area contributed by atoms with Crippen LogP contribution < -0.4 is 10.1 Å². The van der Waals surface area contributed by atoms with Gasteiger partial charge in [-0.3, -0.25) is 4.79 Å². The molecule has 0 saturated carbocycles. The van der Waals surface area contributed by atoms with Crippen LogP contribution in [0.25, 0.3) is 10.8 Å². The molecule has 0 unspecified atom stereocenters. The first-order valence-electron chi connectivity index (χ1n) is 8.44. The van der Waals surface area contributed by atoms with E-state index in [1.54, 1.807) is 12.1 Å². The van der Waals surface area contributed by atoms with Crippen molar-refractivity contribution in [1.29, 1.82) is 0 Å². The van der Waals surface area contributed by atoms with Crippen molar-refractivity contribution in [3.63, 3.8) is 0 Å². The Morgan fingerprint density at radius 3 is 2.65 bits per heavy atom. The van der Waals surface area contributed by atoms with E-state index in [1.807, 2.05) is 48.5 Å². The zero-order valence-electron chi connectivity index (χ0n) is 14.2. The lowest BCUT2D eigenvalue weighted by Crippen LogP contribution is -2.28. The van der Waals surface area contributed by atoms with Crippen LogP contribution in [-0.2, 0) is 11.2 Å². The van der Waals surface area contributed by atoms with Crippen molar-refractivity contribution in [2.24, 2.45) is 0 Å². The fourth-order valence-corrected chi connectivity index (χ4v) is 3.24. The number of nitrogens with one attached hydrogen (secondary N) is 1. The molecule has 0 atom stereocenters. The first-order valence-corrected chi connectivity index (χ1v) is 9.20. The topological polar surface area (TPSA) is 38.3 Å². The van der Waals surface area contributed by atoms with Crippen molar-refractivity contribution in [2.75, 3.05) is 13.2 Å². The van der Waals surface area contributed by atoms with Gasteiger partial charge in [0.05, 0.1) is 6.54 Å². The van der Waals surface area contributed by atoms with Crippen LogP contribution in [0.5, 0.6) is 5.75 Å². The Morgan fingerprint density at radius 1 is 1.00 bits per heavy atom. The average Bonchev–Trinajstić information content (AvgIpc) is 2.64. The Labute approximate surface area is 162 Å². The van der Waals surface area contributed by atoms with Gasteiger partial charge in [0.2, 0.25) is 5.91 Å². The Kier molecular flexibility index (Phi) is 6.37. The van der Waals surface area contributed by atoms with Gasteiger partial charge in [-0.1, -0.05) is 65.7 Å². The molecule has 0 radical (unpaired) electrons. The van der Waals surface area contributed by atoms with E-state index in [2.05, 4.69) is 5.32 Å². The molecule has 5 heteroatoms. The molecule has 0 aliphatic rings. The van der Waals surface area contributed by atoms with Gasteiger partial charge in [-0.15, -0.1) is 0 Å². The third kappa shape index (κ3) is 4.90. The summed E-state index contributed by atoms with van der Waals surface area (Å²) >= 11 is 12.0. The fourth-order valence-electron chi connectivity index (χ4n) is 2.73. The molecule has 3 rings (SSSR count). The number of amides is 1. The summed E-state index contributed by atoms with van der Waals surface area (Å²) in [5, 5.41) is 6.25. The minimum absolute atomic E-state index is 0.0301. The maximum absolute atomic E-state index is 12.0. The molecule has 0 fully saturated rings. The minimum Gasteiger partial charge on any atom is -0.491 e. The van der Waals surface area contributed by atoms with Crippen molar-refractivity contribution in [3.05, 3.63) is 76.3 Å². The van der Waals surface area contributed by atoms with Gasteiger partial charge in [-0.25, -0.2) is 0 Å². The van der Waals surface area contributed by atoms with E-state index >= 15 is 0 Å². The quantitative estimate of drug-likeness (QED) is 0.560. The first-order chi connectivity index (χ1) is 12.6. The Morgan fingerprint density at radius 2 is 1.81 bits per heavy atom. The summed E-state index contributed by atoms with van der Waals surface area (Å²) in [6, 6.07) is 19.3. The number of benzene rings is 3. The van der Waals surface area contributed by atoms with Gasteiger partial charge in [0, 0.05) is 21.9 Å².